The minimum atomic E-state index is -0.670. The Labute approximate surface area is 256 Å². The summed E-state index contributed by atoms with van der Waals surface area (Å²) in [6, 6.07) is 22.2. The molecule has 0 bridgehead atoms. The van der Waals surface area contributed by atoms with Gasteiger partial charge in [0.05, 0.1) is 27.5 Å². The first-order valence-corrected chi connectivity index (χ1v) is 13.6. The lowest BCUT2D eigenvalue weighted by atomic mass is 10.0. The first kappa shape index (κ1) is 29.5. The van der Waals surface area contributed by atoms with Gasteiger partial charge in [0.1, 0.15) is 22.8 Å². The number of methoxy groups -OCH3 is 3. The van der Waals surface area contributed by atoms with E-state index in [9.17, 15) is 9.59 Å². The molecule has 5 aromatic rings. The fourth-order valence-corrected chi connectivity index (χ4v) is 4.88. The molecule has 0 aliphatic rings. The summed E-state index contributed by atoms with van der Waals surface area (Å²) in [6.45, 7) is 0. The van der Waals surface area contributed by atoms with Gasteiger partial charge >= 0.3 is 5.97 Å². The standard InChI is InChI=1S/C32H25Cl2N3O6/c1-40-20-10-11-25-22(16-20)29(21-6-4-5-7-24(21)34)30(36-25)31(38)37-35-17-18-8-12-27(28(14-18)42-3)43-32(39)23-15-19(33)9-13-26(23)41-2/h4-17,36H,1-3H3,(H,37,38). The highest BCUT2D eigenvalue weighted by Crippen LogP contribution is 2.38. The van der Waals surface area contributed by atoms with Crippen LogP contribution < -0.4 is 24.4 Å². The number of aromatic nitrogens is 1. The van der Waals surface area contributed by atoms with Crippen molar-refractivity contribution in [1.82, 2.24) is 10.4 Å². The third-order valence-electron chi connectivity index (χ3n) is 6.53. The molecule has 1 amide bonds. The van der Waals surface area contributed by atoms with Crippen molar-refractivity contribution in [3.8, 4) is 34.1 Å². The molecule has 1 heterocycles. The summed E-state index contributed by atoms with van der Waals surface area (Å²) >= 11 is 12.6. The van der Waals surface area contributed by atoms with Crippen LogP contribution in [0.5, 0.6) is 23.0 Å². The van der Waals surface area contributed by atoms with Crippen molar-refractivity contribution in [2.75, 3.05) is 21.3 Å². The minimum Gasteiger partial charge on any atom is -0.497 e. The van der Waals surface area contributed by atoms with Gasteiger partial charge in [-0.25, -0.2) is 10.2 Å². The number of nitrogens with one attached hydrogen (secondary N) is 2. The Morgan fingerprint density at radius 2 is 1.60 bits per heavy atom. The molecule has 0 atom stereocenters. The van der Waals surface area contributed by atoms with Gasteiger partial charge in [-0.15, -0.1) is 0 Å². The average Bonchev–Trinajstić information content (AvgIpc) is 3.40. The lowest BCUT2D eigenvalue weighted by Crippen LogP contribution is -2.19. The van der Waals surface area contributed by atoms with Gasteiger partial charge in [0.15, 0.2) is 11.5 Å². The van der Waals surface area contributed by atoms with Gasteiger partial charge < -0.3 is 23.9 Å². The monoisotopic (exact) mass is 617 g/mol. The van der Waals surface area contributed by atoms with E-state index in [1.807, 2.05) is 30.3 Å². The lowest BCUT2D eigenvalue weighted by Gasteiger charge is -2.12. The highest BCUT2D eigenvalue weighted by atomic mass is 35.5. The molecule has 0 saturated heterocycles. The second-order valence-corrected chi connectivity index (χ2v) is 9.95. The molecule has 43 heavy (non-hydrogen) atoms. The topological polar surface area (TPSA) is 111 Å². The molecule has 1 aromatic heterocycles. The van der Waals surface area contributed by atoms with E-state index in [0.717, 1.165) is 10.9 Å². The summed E-state index contributed by atoms with van der Waals surface area (Å²) < 4.78 is 21.6. The number of nitrogens with zero attached hydrogens (tertiary/aromatic N) is 1. The first-order valence-electron chi connectivity index (χ1n) is 12.8. The van der Waals surface area contributed by atoms with Gasteiger partial charge in [-0.3, -0.25) is 4.79 Å². The molecule has 0 saturated carbocycles. The van der Waals surface area contributed by atoms with Crippen LogP contribution >= 0.6 is 23.2 Å². The molecule has 4 aromatic carbocycles. The zero-order chi connectivity index (χ0) is 30.5. The maximum atomic E-state index is 13.3. The number of amides is 1. The summed E-state index contributed by atoms with van der Waals surface area (Å²) in [6.07, 6.45) is 1.44. The Bertz CT molecular complexity index is 1870. The molecule has 0 aliphatic carbocycles. The number of aromatic amines is 1. The number of fused-ring (bicyclic) bond motifs is 1. The number of esters is 1. The maximum Gasteiger partial charge on any atom is 0.347 e. The number of ether oxygens (including phenoxy) is 4. The van der Waals surface area contributed by atoms with Crippen LogP contribution in [0, 0.1) is 0 Å². The number of carbonyl (C=O) groups excluding carboxylic acids is 2. The number of halogens is 2. The fraction of sp³-hybridized carbons (Fsp3) is 0.0938. The van der Waals surface area contributed by atoms with Gasteiger partial charge in [-0.2, -0.15) is 5.10 Å². The van der Waals surface area contributed by atoms with Gasteiger partial charge in [0.2, 0.25) is 0 Å². The molecule has 2 N–H and O–H groups in total. The third kappa shape index (κ3) is 6.28. The number of benzene rings is 4. The molecule has 11 heteroatoms. The lowest BCUT2D eigenvalue weighted by molar-refractivity contribution is 0.0726. The summed E-state index contributed by atoms with van der Waals surface area (Å²) in [5.41, 5.74) is 5.62. The Morgan fingerprint density at radius 3 is 2.35 bits per heavy atom. The van der Waals surface area contributed by atoms with Gasteiger partial charge in [-0.05, 0) is 66.2 Å². The number of carbonyl (C=O) groups is 2. The van der Waals surface area contributed by atoms with Crippen molar-refractivity contribution in [3.05, 3.63) is 106 Å². The number of rotatable bonds is 9. The van der Waals surface area contributed by atoms with Crippen molar-refractivity contribution in [3.63, 3.8) is 0 Å². The molecule has 5 rings (SSSR count). The second-order valence-electron chi connectivity index (χ2n) is 9.11. The van der Waals surface area contributed by atoms with E-state index in [4.69, 9.17) is 42.1 Å². The van der Waals surface area contributed by atoms with Gasteiger partial charge in [0.25, 0.3) is 5.91 Å². The molecule has 0 radical (unpaired) electrons. The number of hydrogen-bond donors (Lipinski definition) is 2. The Balaban J connectivity index is 1.37. The largest absolute Gasteiger partial charge is 0.497 e. The smallest absolute Gasteiger partial charge is 0.347 e. The van der Waals surface area contributed by atoms with Crippen LogP contribution in [0.15, 0.2) is 84.0 Å². The molecule has 9 nitrogen and oxygen atoms in total. The van der Waals surface area contributed by atoms with E-state index in [2.05, 4.69) is 15.5 Å². The van der Waals surface area contributed by atoms with Crippen LogP contribution in [-0.2, 0) is 0 Å². The van der Waals surface area contributed by atoms with Crippen molar-refractivity contribution >= 4 is 52.2 Å². The first-order chi connectivity index (χ1) is 20.8. The SMILES string of the molecule is COc1ccc2[nH]c(C(=O)NN=Cc3ccc(OC(=O)c4cc(Cl)ccc4OC)c(OC)c3)c(-c3ccccc3Cl)c2c1. The summed E-state index contributed by atoms with van der Waals surface area (Å²) in [5, 5.41) is 5.75. The van der Waals surface area contributed by atoms with Crippen LogP contribution in [-0.4, -0.2) is 44.4 Å². The van der Waals surface area contributed by atoms with Gasteiger partial charge in [-0.1, -0.05) is 41.4 Å². The van der Waals surface area contributed by atoms with E-state index in [1.54, 1.807) is 49.6 Å². The molecule has 0 spiro atoms. The zero-order valence-electron chi connectivity index (χ0n) is 23.2. The van der Waals surface area contributed by atoms with E-state index in [1.165, 1.54) is 26.5 Å². The summed E-state index contributed by atoms with van der Waals surface area (Å²) in [5.74, 6) is 0.258. The van der Waals surface area contributed by atoms with Crippen molar-refractivity contribution in [2.24, 2.45) is 5.10 Å². The van der Waals surface area contributed by atoms with E-state index in [-0.39, 0.29) is 22.8 Å². The highest BCUT2D eigenvalue weighted by Gasteiger charge is 2.22. The van der Waals surface area contributed by atoms with Crippen LogP contribution in [0.25, 0.3) is 22.0 Å². The highest BCUT2D eigenvalue weighted by molar-refractivity contribution is 6.34. The molecular weight excluding hydrogens is 593 g/mol. The van der Waals surface area contributed by atoms with Crippen LogP contribution in [0.1, 0.15) is 26.4 Å². The summed E-state index contributed by atoms with van der Waals surface area (Å²) in [4.78, 5) is 29.3. The maximum absolute atomic E-state index is 13.3. The number of hydrogen-bond acceptors (Lipinski definition) is 7. The number of hydrazone groups is 1. The molecule has 0 unspecified atom stereocenters. The quantitative estimate of drug-likeness (QED) is 0.0786. The normalized spacial score (nSPS) is 11.0. The molecule has 0 aliphatic heterocycles. The Hall–Kier alpha value is -4.99. The zero-order valence-corrected chi connectivity index (χ0v) is 24.7. The minimum absolute atomic E-state index is 0.164. The van der Waals surface area contributed by atoms with Crippen LogP contribution in [0.2, 0.25) is 10.0 Å². The fourth-order valence-electron chi connectivity index (χ4n) is 4.48. The summed E-state index contributed by atoms with van der Waals surface area (Å²) in [7, 11) is 4.46. The molecular formula is C32H25Cl2N3O6. The van der Waals surface area contributed by atoms with Crippen molar-refractivity contribution in [1.29, 1.82) is 0 Å². The van der Waals surface area contributed by atoms with E-state index < -0.39 is 11.9 Å². The van der Waals surface area contributed by atoms with Crippen LogP contribution in [0.4, 0.5) is 0 Å². The average molecular weight is 618 g/mol. The predicted octanol–water partition coefficient (Wildman–Crippen LogP) is 7.15. The van der Waals surface area contributed by atoms with E-state index in [0.29, 0.717) is 38.2 Å². The second kappa shape index (κ2) is 12.9. The predicted molar refractivity (Wildman–Crippen MR) is 166 cm³/mol. The van der Waals surface area contributed by atoms with Gasteiger partial charge in [0, 0.05) is 32.1 Å². The van der Waals surface area contributed by atoms with Crippen LogP contribution in [0.3, 0.4) is 0 Å². The Morgan fingerprint density at radius 1 is 0.837 bits per heavy atom. The molecule has 218 valence electrons. The van der Waals surface area contributed by atoms with E-state index >= 15 is 0 Å². The molecule has 0 fully saturated rings. The Kier molecular flexibility index (Phi) is 8.85. The third-order valence-corrected chi connectivity index (χ3v) is 7.09. The van der Waals surface area contributed by atoms with Crippen molar-refractivity contribution in [2.45, 2.75) is 0 Å². The number of H-pyrrole nitrogens is 1. The van der Waals surface area contributed by atoms with Crippen molar-refractivity contribution < 1.29 is 28.5 Å².